The van der Waals surface area contributed by atoms with Crippen LogP contribution in [0.5, 0.6) is 5.75 Å². The molecule has 1 aliphatic heterocycles. The van der Waals surface area contributed by atoms with Crippen LogP contribution in [-0.4, -0.2) is 74.2 Å². The van der Waals surface area contributed by atoms with E-state index in [1.54, 1.807) is 11.6 Å². The normalized spacial score (nSPS) is 14.7. The fraction of sp³-hybridized carbons (Fsp3) is 0.381. The van der Waals surface area contributed by atoms with Gasteiger partial charge in [0, 0.05) is 57.3 Å². The average Bonchev–Trinajstić information content (AvgIpc) is 3.49. The van der Waals surface area contributed by atoms with Crippen molar-refractivity contribution in [1.82, 2.24) is 28.8 Å². The number of nitro benzene ring substituents is 1. The van der Waals surface area contributed by atoms with Gasteiger partial charge < -0.3 is 9.64 Å². The minimum Gasteiger partial charge on any atom is -0.464 e. The van der Waals surface area contributed by atoms with Crippen molar-refractivity contribution in [2.75, 3.05) is 26.2 Å². The van der Waals surface area contributed by atoms with Crippen molar-refractivity contribution in [2.45, 2.75) is 32.0 Å². The van der Waals surface area contributed by atoms with Crippen molar-refractivity contribution in [1.29, 1.82) is 0 Å². The molecule has 1 fully saturated rings. The molecular weight excluding hydrogens is 497 g/mol. The molecule has 0 atom stereocenters. The summed E-state index contributed by atoms with van der Waals surface area (Å²) in [6.07, 6.45) is 2.96. The summed E-state index contributed by atoms with van der Waals surface area (Å²) < 4.78 is 49.0. The molecule has 3 aromatic rings. The molecular formula is C21H24FN7O6S. The molecule has 1 aromatic carbocycles. The maximum Gasteiger partial charge on any atom is 0.311 e. The molecule has 15 heteroatoms. The largest absolute Gasteiger partial charge is 0.464 e. The number of piperazine rings is 1. The van der Waals surface area contributed by atoms with Gasteiger partial charge in [-0.05, 0) is 26.0 Å². The van der Waals surface area contributed by atoms with Gasteiger partial charge in [-0.2, -0.15) is 14.5 Å². The van der Waals surface area contributed by atoms with Crippen molar-refractivity contribution in [3.05, 3.63) is 64.0 Å². The minimum atomic E-state index is -3.74. The van der Waals surface area contributed by atoms with E-state index in [9.17, 15) is 27.7 Å². The SMILES string of the molecule is CCn1cc(S(=O)(=O)N2CCN(C(=O)c3ccn(COc4cc(F)ccc4[N+](=O)[O-])n3)CC2)c(C)n1. The number of aromatic nitrogens is 4. The summed E-state index contributed by atoms with van der Waals surface area (Å²) in [5.74, 6) is -1.35. The highest BCUT2D eigenvalue weighted by molar-refractivity contribution is 7.89. The first kappa shape index (κ1) is 25.2. The average molecular weight is 522 g/mol. The quantitative estimate of drug-likeness (QED) is 0.321. The number of rotatable bonds is 8. The monoisotopic (exact) mass is 521 g/mol. The molecule has 0 unspecified atom stereocenters. The van der Waals surface area contributed by atoms with Gasteiger partial charge in [0.2, 0.25) is 15.8 Å². The Morgan fingerprint density at radius 3 is 2.53 bits per heavy atom. The van der Waals surface area contributed by atoms with Crippen LogP contribution in [0.25, 0.3) is 0 Å². The number of amides is 1. The molecule has 1 amide bonds. The Morgan fingerprint density at radius 2 is 1.89 bits per heavy atom. The van der Waals surface area contributed by atoms with Gasteiger partial charge in [0.25, 0.3) is 5.91 Å². The van der Waals surface area contributed by atoms with E-state index in [0.29, 0.717) is 12.2 Å². The van der Waals surface area contributed by atoms with Crippen molar-refractivity contribution < 1.29 is 27.3 Å². The maximum atomic E-state index is 13.5. The summed E-state index contributed by atoms with van der Waals surface area (Å²) in [4.78, 5) is 24.9. The fourth-order valence-corrected chi connectivity index (χ4v) is 5.38. The first-order valence-electron chi connectivity index (χ1n) is 11.0. The van der Waals surface area contributed by atoms with Crippen LogP contribution in [0.2, 0.25) is 0 Å². The number of sulfonamides is 1. The van der Waals surface area contributed by atoms with E-state index in [1.807, 2.05) is 6.92 Å². The van der Waals surface area contributed by atoms with E-state index in [-0.39, 0.29) is 49.2 Å². The van der Waals surface area contributed by atoms with Gasteiger partial charge in [-0.1, -0.05) is 0 Å². The van der Waals surface area contributed by atoms with Gasteiger partial charge in [-0.3, -0.25) is 19.6 Å². The molecule has 2 aromatic heterocycles. The van der Waals surface area contributed by atoms with Gasteiger partial charge in [0.15, 0.2) is 12.4 Å². The second-order valence-corrected chi connectivity index (χ2v) is 9.92. The molecule has 1 saturated heterocycles. The number of nitrogens with zero attached hydrogens (tertiary/aromatic N) is 7. The number of halogens is 1. The molecule has 192 valence electrons. The van der Waals surface area contributed by atoms with E-state index in [4.69, 9.17) is 4.74 Å². The van der Waals surface area contributed by atoms with Crippen LogP contribution in [0.15, 0.2) is 41.6 Å². The Labute approximate surface area is 205 Å². The lowest BCUT2D eigenvalue weighted by Crippen LogP contribution is -2.50. The van der Waals surface area contributed by atoms with Crippen molar-refractivity contribution in [3.8, 4) is 5.75 Å². The number of aryl methyl sites for hydroxylation is 2. The van der Waals surface area contributed by atoms with Crippen molar-refractivity contribution >= 4 is 21.6 Å². The molecule has 0 N–H and O–H groups in total. The topological polar surface area (TPSA) is 146 Å². The predicted octanol–water partition coefficient (Wildman–Crippen LogP) is 1.64. The van der Waals surface area contributed by atoms with Crippen molar-refractivity contribution in [2.24, 2.45) is 0 Å². The number of ether oxygens (including phenoxy) is 1. The lowest BCUT2D eigenvalue weighted by molar-refractivity contribution is -0.386. The molecule has 3 heterocycles. The zero-order chi connectivity index (χ0) is 26.0. The van der Waals surface area contributed by atoms with Gasteiger partial charge in [-0.15, -0.1) is 0 Å². The Kier molecular flexibility index (Phi) is 7.03. The lowest BCUT2D eigenvalue weighted by atomic mass is 10.3. The summed E-state index contributed by atoms with van der Waals surface area (Å²) >= 11 is 0. The Morgan fingerprint density at radius 1 is 1.17 bits per heavy atom. The zero-order valence-corrected chi connectivity index (χ0v) is 20.4. The van der Waals surface area contributed by atoms with Gasteiger partial charge >= 0.3 is 5.69 Å². The highest BCUT2D eigenvalue weighted by Gasteiger charge is 2.33. The molecule has 0 bridgehead atoms. The molecule has 1 aliphatic rings. The molecule has 0 aliphatic carbocycles. The van der Waals surface area contributed by atoms with Crippen LogP contribution >= 0.6 is 0 Å². The highest BCUT2D eigenvalue weighted by atomic mass is 32.2. The predicted molar refractivity (Wildman–Crippen MR) is 123 cm³/mol. The summed E-state index contributed by atoms with van der Waals surface area (Å²) in [5, 5.41) is 19.4. The van der Waals surface area contributed by atoms with E-state index < -0.39 is 32.4 Å². The number of carbonyl (C=O) groups excluding carboxylic acids is 1. The number of nitro groups is 1. The van der Waals surface area contributed by atoms with E-state index in [2.05, 4.69) is 10.2 Å². The number of hydrogen-bond donors (Lipinski definition) is 0. The van der Waals surface area contributed by atoms with Crippen LogP contribution in [-0.2, 0) is 23.3 Å². The molecule has 0 radical (unpaired) electrons. The lowest BCUT2D eigenvalue weighted by Gasteiger charge is -2.33. The summed E-state index contributed by atoms with van der Waals surface area (Å²) in [7, 11) is -3.74. The van der Waals surface area contributed by atoms with Crippen LogP contribution in [0.3, 0.4) is 0 Å². The van der Waals surface area contributed by atoms with E-state index in [0.717, 1.165) is 18.2 Å². The Bertz CT molecular complexity index is 1400. The van der Waals surface area contributed by atoms with Crippen LogP contribution in [0.1, 0.15) is 23.1 Å². The standard InChI is InChI=1S/C21H24FN7O6S/c1-3-26-13-20(15(2)23-26)36(33,34)28-10-8-25(9-11-28)21(30)17-6-7-27(24-17)14-35-19-12-16(22)4-5-18(19)29(31)32/h4-7,12-13H,3,8-11,14H2,1-2H3. The second-order valence-electron chi connectivity index (χ2n) is 8.01. The summed E-state index contributed by atoms with van der Waals surface area (Å²) in [6.45, 7) is 4.38. The third-order valence-corrected chi connectivity index (χ3v) is 7.70. The van der Waals surface area contributed by atoms with Crippen LogP contribution in [0.4, 0.5) is 10.1 Å². The smallest absolute Gasteiger partial charge is 0.311 e. The summed E-state index contributed by atoms with van der Waals surface area (Å²) in [5.41, 5.74) is 0.125. The fourth-order valence-electron chi connectivity index (χ4n) is 3.79. The molecule has 0 spiro atoms. The van der Waals surface area contributed by atoms with Gasteiger partial charge in [0.1, 0.15) is 10.7 Å². The zero-order valence-electron chi connectivity index (χ0n) is 19.6. The molecule has 4 rings (SSSR count). The number of hydrogen-bond acceptors (Lipinski definition) is 8. The number of carbonyl (C=O) groups is 1. The Hall–Kier alpha value is -3.85. The maximum absolute atomic E-state index is 13.5. The third kappa shape index (κ3) is 5.06. The second kappa shape index (κ2) is 10.0. The van der Waals surface area contributed by atoms with Gasteiger partial charge in [0.05, 0.1) is 10.6 Å². The number of benzene rings is 1. The summed E-state index contributed by atoms with van der Waals surface area (Å²) in [6, 6.07) is 4.31. The van der Waals surface area contributed by atoms with Crippen molar-refractivity contribution in [3.63, 3.8) is 0 Å². The van der Waals surface area contributed by atoms with E-state index in [1.165, 1.54) is 32.3 Å². The molecule has 13 nitrogen and oxygen atoms in total. The molecule has 36 heavy (non-hydrogen) atoms. The highest BCUT2D eigenvalue weighted by Crippen LogP contribution is 2.27. The van der Waals surface area contributed by atoms with Crippen LogP contribution < -0.4 is 4.74 Å². The minimum absolute atomic E-state index is 0.101. The van der Waals surface area contributed by atoms with E-state index >= 15 is 0 Å². The van der Waals surface area contributed by atoms with Gasteiger partial charge in [-0.25, -0.2) is 17.5 Å². The van der Waals surface area contributed by atoms with Crippen LogP contribution in [0, 0.1) is 22.9 Å². The Balaban J connectivity index is 1.37. The first-order chi connectivity index (χ1) is 17.1. The first-order valence-corrected chi connectivity index (χ1v) is 12.5. The molecule has 0 saturated carbocycles. The third-order valence-electron chi connectivity index (χ3n) is 5.70.